The van der Waals surface area contributed by atoms with E-state index in [9.17, 15) is 0 Å². The number of hydrogen-bond donors (Lipinski definition) is 1. The Labute approximate surface area is 119 Å². The van der Waals surface area contributed by atoms with Crippen molar-refractivity contribution in [2.75, 3.05) is 6.61 Å². The third-order valence-corrected chi connectivity index (χ3v) is 4.05. The van der Waals surface area contributed by atoms with E-state index >= 15 is 0 Å². The first-order valence-corrected chi connectivity index (χ1v) is 7.27. The van der Waals surface area contributed by atoms with Crippen LogP contribution in [0.25, 0.3) is 0 Å². The molecule has 0 spiro atoms. The van der Waals surface area contributed by atoms with Crippen LogP contribution in [0.4, 0.5) is 0 Å². The molecular weight excluding hydrogens is 258 g/mol. The minimum absolute atomic E-state index is 0.328. The van der Waals surface area contributed by atoms with Crippen molar-refractivity contribution in [2.24, 2.45) is 11.7 Å². The van der Waals surface area contributed by atoms with E-state index in [-0.39, 0.29) is 0 Å². The third kappa shape index (κ3) is 3.41. The van der Waals surface area contributed by atoms with Crippen LogP contribution in [-0.4, -0.2) is 21.8 Å². The Kier molecular flexibility index (Phi) is 4.69. The fraction of sp³-hybridized carbons (Fsp3) is 0.643. The van der Waals surface area contributed by atoms with Crippen LogP contribution in [0.3, 0.4) is 0 Å². The topological polar surface area (TPSA) is 61.0 Å². The Balaban J connectivity index is 2.11. The molecule has 0 radical (unpaired) electrons. The summed E-state index contributed by atoms with van der Waals surface area (Å²) >= 11 is 5.10. The van der Waals surface area contributed by atoms with E-state index < -0.39 is 0 Å². The predicted octanol–water partition coefficient (Wildman–Crippen LogP) is 2.69. The van der Waals surface area contributed by atoms with Gasteiger partial charge in [-0.2, -0.15) is 5.10 Å². The minimum atomic E-state index is 0.328. The summed E-state index contributed by atoms with van der Waals surface area (Å²) < 4.78 is 5.83. The normalized spacial score (nSPS) is 16.3. The number of nitrogens with zero attached hydrogens (tertiary/aromatic N) is 2. The van der Waals surface area contributed by atoms with Gasteiger partial charge in [0.2, 0.25) is 5.88 Å². The van der Waals surface area contributed by atoms with Crippen LogP contribution in [0.2, 0.25) is 0 Å². The summed E-state index contributed by atoms with van der Waals surface area (Å²) in [5.74, 6) is 1.11. The molecule has 0 atom stereocenters. The Hall–Kier alpha value is -1.23. The van der Waals surface area contributed by atoms with Gasteiger partial charge in [-0.1, -0.05) is 31.5 Å². The molecule has 1 aromatic rings. The first kappa shape index (κ1) is 14.2. The predicted molar refractivity (Wildman–Crippen MR) is 79.5 cm³/mol. The fourth-order valence-electron chi connectivity index (χ4n) is 2.53. The number of ether oxygens (including phenoxy) is 1. The third-order valence-electron chi connectivity index (χ3n) is 3.85. The highest BCUT2D eigenvalue weighted by atomic mass is 32.1. The molecule has 2 N–H and O–H groups in total. The van der Waals surface area contributed by atoms with Gasteiger partial charge in [0.15, 0.2) is 0 Å². The van der Waals surface area contributed by atoms with Crippen LogP contribution < -0.4 is 10.5 Å². The zero-order chi connectivity index (χ0) is 13.8. The lowest BCUT2D eigenvalue weighted by atomic mass is 9.90. The number of aromatic nitrogens is 2. The molecule has 0 aromatic carbocycles. The van der Waals surface area contributed by atoms with Crippen molar-refractivity contribution >= 4 is 17.2 Å². The summed E-state index contributed by atoms with van der Waals surface area (Å²) in [5.41, 5.74) is 8.31. The van der Waals surface area contributed by atoms with Gasteiger partial charge >= 0.3 is 0 Å². The molecule has 1 fully saturated rings. The summed E-state index contributed by atoms with van der Waals surface area (Å²) in [5, 5.41) is 8.20. The second-order valence-corrected chi connectivity index (χ2v) is 5.71. The summed E-state index contributed by atoms with van der Waals surface area (Å²) in [6.45, 7) is 4.54. The highest BCUT2D eigenvalue weighted by molar-refractivity contribution is 7.80. The van der Waals surface area contributed by atoms with Crippen molar-refractivity contribution in [3.63, 3.8) is 0 Å². The first-order chi connectivity index (χ1) is 9.09. The van der Waals surface area contributed by atoms with Crippen LogP contribution in [0.5, 0.6) is 5.88 Å². The van der Waals surface area contributed by atoms with Gasteiger partial charge in [0.05, 0.1) is 17.9 Å². The average molecular weight is 279 g/mol. The second-order valence-electron chi connectivity index (χ2n) is 5.27. The van der Waals surface area contributed by atoms with Gasteiger partial charge in [-0.15, -0.1) is 5.10 Å². The molecule has 104 valence electrons. The maximum atomic E-state index is 5.83. The van der Waals surface area contributed by atoms with Crippen molar-refractivity contribution in [3.05, 3.63) is 16.8 Å². The van der Waals surface area contributed by atoms with Crippen molar-refractivity contribution in [1.29, 1.82) is 0 Å². The molecule has 0 aliphatic heterocycles. The van der Waals surface area contributed by atoms with E-state index in [1.165, 1.54) is 32.1 Å². The van der Waals surface area contributed by atoms with Crippen LogP contribution >= 0.6 is 12.2 Å². The molecule has 4 nitrogen and oxygen atoms in total. The first-order valence-electron chi connectivity index (χ1n) is 6.86. The van der Waals surface area contributed by atoms with Gasteiger partial charge in [-0.05, 0) is 38.2 Å². The molecule has 0 saturated heterocycles. The Bertz CT molecular complexity index is 470. The molecular formula is C14H21N3OS. The van der Waals surface area contributed by atoms with Crippen LogP contribution in [0.1, 0.15) is 48.9 Å². The summed E-state index contributed by atoms with van der Waals surface area (Å²) in [6, 6.07) is 0. The maximum absolute atomic E-state index is 5.83. The molecule has 0 amide bonds. The lowest BCUT2D eigenvalue weighted by molar-refractivity contribution is 0.201. The number of hydrogen-bond acceptors (Lipinski definition) is 4. The minimum Gasteiger partial charge on any atom is -0.476 e. The molecule has 1 aliphatic carbocycles. The van der Waals surface area contributed by atoms with Gasteiger partial charge in [-0.25, -0.2) is 0 Å². The highest BCUT2D eigenvalue weighted by Crippen LogP contribution is 2.26. The molecule has 5 heteroatoms. The Morgan fingerprint density at radius 1 is 1.26 bits per heavy atom. The largest absolute Gasteiger partial charge is 0.476 e. The zero-order valence-electron chi connectivity index (χ0n) is 11.6. The van der Waals surface area contributed by atoms with E-state index in [1.807, 2.05) is 13.8 Å². The number of aryl methyl sites for hydroxylation is 1. The Morgan fingerprint density at radius 2 is 1.95 bits per heavy atom. The van der Waals surface area contributed by atoms with Crippen LogP contribution in [-0.2, 0) is 0 Å². The summed E-state index contributed by atoms with van der Waals surface area (Å²) in [4.78, 5) is 0.328. The lowest BCUT2D eigenvalue weighted by Crippen LogP contribution is -2.20. The van der Waals surface area contributed by atoms with Gasteiger partial charge in [-0.3, -0.25) is 0 Å². The smallest absolute Gasteiger partial charge is 0.244 e. The van der Waals surface area contributed by atoms with E-state index in [0.717, 1.165) is 16.8 Å². The maximum Gasteiger partial charge on any atom is 0.244 e. The molecule has 2 rings (SSSR count). The zero-order valence-corrected chi connectivity index (χ0v) is 12.4. The molecule has 0 bridgehead atoms. The number of nitrogens with two attached hydrogens (primary N) is 1. The van der Waals surface area contributed by atoms with E-state index in [4.69, 9.17) is 22.7 Å². The van der Waals surface area contributed by atoms with Crippen molar-refractivity contribution in [3.8, 4) is 5.88 Å². The summed E-state index contributed by atoms with van der Waals surface area (Å²) in [6.07, 6.45) is 6.42. The fourth-order valence-corrected chi connectivity index (χ4v) is 2.77. The van der Waals surface area contributed by atoms with Crippen LogP contribution in [0.15, 0.2) is 0 Å². The lowest BCUT2D eigenvalue weighted by Gasteiger charge is -2.22. The standard InChI is InChI=1S/C14H21N3OS/c1-9-10(2)16-17-14(12(9)13(15)19)18-8-11-6-4-3-5-7-11/h11H,3-8H2,1-2H3,(H2,15,19). The molecule has 1 heterocycles. The average Bonchev–Trinajstić information content (AvgIpc) is 2.41. The van der Waals surface area contributed by atoms with Crippen molar-refractivity contribution < 1.29 is 4.74 Å². The number of rotatable bonds is 4. The van der Waals surface area contributed by atoms with E-state index in [2.05, 4.69) is 10.2 Å². The highest BCUT2D eigenvalue weighted by Gasteiger charge is 2.18. The van der Waals surface area contributed by atoms with E-state index in [0.29, 0.717) is 23.4 Å². The van der Waals surface area contributed by atoms with E-state index in [1.54, 1.807) is 0 Å². The van der Waals surface area contributed by atoms with Gasteiger partial charge in [0.25, 0.3) is 0 Å². The Morgan fingerprint density at radius 3 is 2.58 bits per heavy atom. The van der Waals surface area contributed by atoms with Gasteiger partial charge in [0, 0.05) is 0 Å². The van der Waals surface area contributed by atoms with Crippen molar-refractivity contribution in [1.82, 2.24) is 10.2 Å². The molecule has 1 aromatic heterocycles. The molecule has 0 unspecified atom stereocenters. The van der Waals surface area contributed by atoms with Gasteiger partial charge < -0.3 is 10.5 Å². The van der Waals surface area contributed by atoms with Crippen LogP contribution in [0, 0.1) is 19.8 Å². The molecule has 1 saturated carbocycles. The monoisotopic (exact) mass is 279 g/mol. The SMILES string of the molecule is Cc1nnc(OCC2CCCCC2)c(C(N)=S)c1C. The second kappa shape index (κ2) is 6.28. The van der Waals surface area contributed by atoms with Crippen molar-refractivity contribution in [2.45, 2.75) is 46.0 Å². The molecule has 19 heavy (non-hydrogen) atoms. The van der Waals surface area contributed by atoms with Gasteiger partial charge in [0.1, 0.15) is 4.99 Å². The summed E-state index contributed by atoms with van der Waals surface area (Å²) in [7, 11) is 0. The number of thiocarbonyl (C=S) groups is 1. The molecule has 1 aliphatic rings. The quantitative estimate of drug-likeness (QED) is 0.859.